The topological polar surface area (TPSA) is 81.4 Å². The summed E-state index contributed by atoms with van der Waals surface area (Å²) in [7, 11) is 0. The smallest absolute Gasteiger partial charge is 0.265 e. The van der Waals surface area contributed by atoms with E-state index in [4.69, 9.17) is 10.5 Å². The maximum absolute atomic E-state index is 13.2. The van der Waals surface area contributed by atoms with Gasteiger partial charge in [-0.15, -0.1) is 11.3 Å². The molecule has 3 N–H and O–H groups in total. The van der Waals surface area contributed by atoms with Crippen LogP contribution < -0.4 is 15.8 Å². The zero-order valence-electron chi connectivity index (χ0n) is 15.4. The molecule has 1 heterocycles. The van der Waals surface area contributed by atoms with Crippen LogP contribution in [0.5, 0.6) is 5.75 Å². The van der Waals surface area contributed by atoms with Crippen LogP contribution in [0.15, 0.2) is 54.6 Å². The molecule has 2 amide bonds. The predicted octanol–water partition coefficient (Wildman–Crippen LogP) is 4.37. The summed E-state index contributed by atoms with van der Waals surface area (Å²) in [5, 5.41) is 3.08. The lowest BCUT2D eigenvalue weighted by atomic mass is 10.0. The van der Waals surface area contributed by atoms with Gasteiger partial charge in [-0.2, -0.15) is 0 Å². The zero-order chi connectivity index (χ0) is 20.3. The van der Waals surface area contributed by atoms with Crippen molar-refractivity contribution in [3.05, 3.63) is 70.9 Å². The van der Waals surface area contributed by atoms with Gasteiger partial charge in [0.2, 0.25) is 0 Å². The molecule has 0 unspecified atom stereocenters. The molecule has 3 aromatic rings. The second-order valence-electron chi connectivity index (χ2n) is 6.17. The predicted molar refractivity (Wildman–Crippen MR) is 108 cm³/mol. The summed E-state index contributed by atoms with van der Waals surface area (Å²) in [5.41, 5.74) is 7.02. The van der Waals surface area contributed by atoms with Crippen molar-refractivity contribution in [2.45, 2.75) is 20.0 Å². The Labute approximate surface area is 166 Å². The van der Waals surface area contributed by atoms with Crippen LogP contribution in [-0.4, -0.2) is 17.9 Å². The number of amides is 2. The molecule has 0 aliphatic heterocycles. The van der Waals surface area contributed by atoms with Crippen LogP contribution in [0, 0.1) is 12.7 Å². The molecule has 0 spiro atoms. The number of primary amides is 1. The molecule has 0 bridgehead atoms. The van der Waals surface area contributed by atoms with Crippen molar-refractivity contribution >= 4 is 28.2 Å². The van der Waals surface area contributed by atoms with Gasteiger partial charge in [0.1, 0.15) is 16.6 Å². The summed E-state index contributed by atoms with van der Waals surface area (Å²) in [4.78, 5) is 25.5. The van der Waals surface area contributed by atoms with Gasteiger partial charge in [0.15, 0.2) is 6.10 Å². The van der Waals surface area contributed by atoms with Gasteiger partial charge in [0.05, 0.1) is 5.56 Å². The van der Waals surface area contributed by atoms with E-state index in [1.54, 1.807) is 31.2 Å². The SMILES string of the molecule is Cc1sc(NC(=O)[C@@H](C)Oc2ccccc2)c(C(N)=O)c1-c1ccc(F)cc1. The van der Waals surface area contributed by atoms with Crippen LogP contribution in [0.25, 0.3) is 11.1 Å². The van der Waals surface area contributed by atoms with Crippen molar-refractivity contribution in [3.8, 4) is 16.9 Å². The number of hydrogen-bond donors (Lipinski definition) is 2. The number of benzene rings is 2. The average molecular weight is 398 g/mol. The molecule has 144 valence electrons. The maximum atomic E-state index is 13.2. The number of anilines is 1. The van der Waals surface area contributed by atoms with E-state index in [-0.39, 0.29) is 11.4 Å². The molecule has 28 heavy (non-hydrogen) atoms. The molecule has 0 saturated carbocycles. The summed E-state index contributed by atoms with van der Waals surface area (Å²) in [6.45, 7) is 3.43. The van der Waals surface area contributed by atoms with Crippen LogP contribution in [0.3, 0.4) is 0 Å². The van der Waals surface area contributed by atoms with Gasteiger partial charge in [-0.05, 0) is 43.7 Å². The first kappa shape index (κ1) is 19.6. The van der Waals surface area contributed by atoms with Crippen molar-refractivity contribution in [2.75, 3.05) is 5.32 Å². The summed E-state index contributed by atoms with van der Waals surface area (Å²) in [6.07, 6.45) is -0.778. The Kier molecular flexibility index (Phi) is 5.75. The van der Waals surface area contributed by atoms with Gasteiger partial charge in [-0.25, -0.2) is 4.39 Å². The maximum Gasteiger partial charge on any atom is 0.265 e. The quantitative estimate of drug-likeness (QED) is 0.647. The molecule has 2 aromatic carbocycles. The number of carbonyl (C=O) groups excluding carboxylic acids is 2. The normalized spacial score (nSPS) is 11.7. The molecular formula is C21H19FN2O3S. The number of thiophene rings is 1. The molecule has 1 aromatic heterocycles. The van der Waals surface area contributed by atoms with E-state index in [1.807, 2.05) is 25.1 Å². The third kappa shape index (κ3) is 4.20. The number of rotatable bonds is 6. The highest BCUT2D eigenvalue weighted by atomic mass is 32.1. The van der Waals surface area contributed by atoms with E-state index < -0.39 is 17.9 Å². The van der Waals surface area contributed by atoms with E-state index in [2.05, 4.69) is 5.32 Å². The summed E-state index contributed by atoms with van der Waals surface area (Å²) in [6, 6.07) is 14.7. The van der Waals surface area contributed by atoms with Crippen LogP contribution in [0.4, 0.5) is 9.39 Å². The Morgan fingerprint density at radius 3 is 2.36 bits per heavy atom. The van der Waals surface area contributed by atoms with Crippen molar-refractivity contribution < 1.29 is 18.7 Å². The van der Waals surface area contributed by atoms with Crippen molar-refractivity contribution in [3.63, 3.8) is 0 Å². The Morgan fingerprint density at radius 1 is 1.11 bits per heavy atom. The Hall–Kier alpha value is -3.19. The first-order chi connectivity index (χ1) is 13.4. The van der Waals surface area contributed by atoms with Crippen LogP contribution in [-0.2, 0) is 4.79 Å². The van der Waals surface area contributed by atoms with E-state index >= 15 is 0 Å². The second kappa shape index (κ2) is 8.22. The number of nitrogens with two attached hydrogens (primary N) is 1. The van der Waals surface area contributed by atoms with Crippen molar-refractivity contribution in [1.29, 1.82) is 0 Å². The molecule has 3 rings (SSSR count). The molecule has 0 aliphatic rings. The fourth-order valence-corrected chi connectivity index (χ4v) is 3.89. The van der Waals surface area contributed by atoms with Gasteiger partial charge in [-0.3, -0.25) is 9.59 Å². The fourth-order valence-electron chi connectivity index (χ4n) is 2.80. The Bertz CT molecular complexity index is 1000. The minimum atomic E-state index is -0.778. The summed E-state index contributed by atoms with van der Waals surface area (Å²) < 4.78 is 18.9. The minimum Gasteiger partial charge on any atom is -0.481 e. The first-order valence-electron chi connectivity index (χ1n) is 8.58. The molecular weight excluding hydrogens is 379 g/mol. The number of halogens is 1. The minimum absolute atomic E-state index is 0.203. The highest BCUT2D eigenvalue weighted by Crippen LogP contribution is 2.39. The van der Waals surface area contributed by atoms with Crippen LogP contribution >= 0.6 is 11.3 Å². The van der Waals surface area contributed by atoms with Crippen LogP contribution in [0.2, 0.25) is 0 Å². The number of hydrogen-bond acceptors (Lipinski definition) is 4. The van der Waals surface area contributed by atoms with E-state index in [0.29, 0.717) is 21.9 Å². The molecule has 0 saturated heterocycles. The molecule has 5 nitrogen and oxygen atoms in total. The number of ether oxygens (including phenoxy) is 1. The average Bonchev–Trinajstić information content (AvgIpc) is 2.99. The molecule has 7 heteroatoms. The van der Waals surface area contributed by atoms with E-state index in [1.165, 1.54) is 23.5 Å². The van der Waals surface area contributed by atoms with Gasteiger partial charge >= 0.3 is 0 Å². The Morgan fingerprint density at radius 2 is 1.75 bits per heavy atom. The highest BCUT2D eigenvalue weighted by Gasteiger charge is 2.24. The lowest BCUT2D eigenvalue weighted by Gasteiger charge is -2.14. The number of para-hydroxylation sites is 1. The first-order valence-corrected chi connectivity index (χ1v) is 9.40. The largest absolute Gasteiger partial charge is 0.481 e. The van der Waals surface area contributed by atoms with Crippen LogP contribution in [0.1, 0.15) is 22.2 Å². The van der Waals surface area contributed by atoms with Gasteiger partial charge < -0.3 is 15.8 Å². The summed E-state index contributed by atoms with van der Waals surface area (Å²) in [5.74, 6) is -0.888. The molecule has 1 atom stereocenters. The fraction of sp³-hybridized carbons (Fsp3) is 0.143. The van der Waals surface area contributed by atoms with E-state index in [0.717, 1.165) is 4.88 Å². The molecule has 0 radical (unpaired) electrons. The third-order valence-electron chi connectivity index (χ3n) is 4.13. The van der Waals surface area contributed by atoms with Crippen molar-refractivity contribution in [2.24, 2.45) is 5.73 Å². The molecule has 0 fully saturated rings. The van der Waals surface area contributed by atoms with Gasteiger partial charge in [0.25, 0.3) is 11.8 Å². The van der Waals surface area contributed by atoms with Gasteiger partial charge in [0, 0.05) is 10.4 Å². The van der Waals surface area contributed by atoms with Crippen molar-refractivity contribution in [1.82, 2.24) is 0 Å². The number of nitrogens with one attached hydrogen (secondary N) is 1. The lowest BCUT2D eigenvalue weighted by Crippen LogP contribution is -2.30. The lowest BCUT2D eigenvalue weighted by molar-refractivity contribution is -0.122. The zero-order valence-corrected chi connectivity index (χ0v) is 16.2. The highest BCUT2D eigenvalue weighted by molar-refractivity contribution is 7.17. The Balaban J connectivity index is 1.87. The second-order valence-corrected chi connectivity index (χ2v) is 7.40. The summed E-state index contributed by atoms with van der Waals surface area (Å²) >= 11 is 1.24. The molecule has 0 aliphatic carbocycles. The van der Waals surface area contributed by atoms with Gasteiger partial charge in [-0.1, -0.05) is 30.3 Å². The standard InChI is InChI=1S/C21H19FN2O3S/c1-12(27-16-6-4-3-5-7-16)20(26)24-21-18(19(23)25)17(13(2)28-21)14-8-10-15(22)11-9-14/h3-12H,1-2H3,(H2,23,25)(H,24,26)/t12-/m1/s1. The van der Waals surface area contributed by atoms with E-state index in [9.17, 15) is 14.0 Å². The number of carbonyl (C=O) groups is 2. The third-order valence-corrected chi connectivity index (χ3v) is 5.15. The monoisotopic (exact) mass is 398 g/mol. The number of aryl methyl sites for hydroxylation is 1.